The van der Waals surface area contributed by atoms with Crippen LogP contribution in [0, 0.1) is 0 Å². The van der Waals surface area contributed by atoms with Crippen molar-refractivity contribution in [3.63, 3.8) is 0 Å². The van der Waals surface area contributed by atoms with E-state index in [1.807, 2.05) is 47.9 Å². The van der Waals surface area contributed by atoms with Crippen LogP contribution in [0.25, 0.3) is 87.4 Å². The molecule has 0 fully saturated rings. The zero-order chi connectivity index (χ0) is 31.2. The molecule has 0 spiro atoms. The van der Waals surface area contributed by atoms with Crippen LogP contribution in [-0.4, -0.2) is 19.9 Å². The van der Waals surface area contributed by atoms with E-state index in [4.69, 9.17) is 15.0 Å². The highest BCUT2D eigenvalue weighted by Crippen LogP contribution is 2.42. The van der Waals surface area contributed by atoms with Gasteiger partial charge in [0.05, 0.1) is 38.7 Å². The predicted molar refractivity (Wildman–Crippen MR) is 195 cm³/mol. The number of para-hydroxylation sites is 1. The van der Waals surface area contributed by atoms with Gasteiger partial charge in [0.25, 0.3) is 0 Å². The Morgan fingerprint density at radius 1 is 0.426 bits per heavy atom. The number of fused-ring (bicyclic) bond motifs is 5. The first kappa shape index (κ1) is 27.3. The first-order valence-corrected chi connectivity index (χ1v) is 16.4. The Bertz CT molecular complexity index is 2480. The maximum atomic E-state index is 5.16. The van der Waals surface area contributed by atoms with E-state index in [9.17, 15) is 0 Å². The fraction of sp³-hybridized carbons (Fsp3) is 0. The van der Waals surface area contributed by atoms with E-state index in [1.54, 1.807) is 6.20 Å². The lowest BCUT2D eigenvalue weighted by Crippen LogP contribution is -1.94. The van der Waals surface area contributed by atoms with E-state index in [0.29, 0.717) is 0 Å². The lowest BCUT2D eigenvalue weighted by molar-refractivity contribution is 1.22. The molecule has 0 amide bonds. The van der Waals surface area contributed by atoms with Crippen LogP contribution in [0.15, 0.2) is 158 Å². The van der Waals surface area contributed by atoms with Gasteiger partial charge in [-0.05, 0) is 59.2 Å². The number of hydrogen-bond acceptors (Lipinski definition) is 5. The number of nitrogens with zero attached hydrogens (tertiary/aromatic N) is 4. The molecular weight excluding hydrogens is 593 g/mol. The molecule has 0 radical (unpaired) electrons. The minimum absolute atomic E-state index is 0.809. The van der Waals surface area contributed by atoms with Crippen LogP contribution in [0.2, 0.25) is 0 Å². The number of thiophene rings is 1. The molecule has 0 N–H and O–H groups in total. The van der Waals surface area contributed by atoms with Crippen LogP contribution in [0.1, 0.15) is 0 Å². The third-order valence-corrected chi connectivity index (χ3v) is 9.77. The first-order valence-electron chi connectivity index (χ1n) is 15.5. The standard InChI is InChI=1S/C42H26N4S/c1-2-10-27(11-3-1)31-24-37(35-15-8-9-23-43-35)45-38(25-31)36-22-21-30(26-44-36)28-17-19-29(20-18-28)41-42-40(32-12-4-6-14-34(32)46-41)33-13-5-7-16-39(33)47-42/h1-26H. The summed E-state index contributed by atoms with van der Waals surface area (Å²) in [7, 11) is 0. The SMILES string of the molecule is c1ccc(-c2cc(-c3ccccn3)nc(-c3ccc(-c4ccc(-c5nc6ccccc6c6c5sc5ccccc56)cc4)cn3)c2)cc1. The summed E-state index contributed by atoms with van der Waals surface area (Å²) in [6.07, 6.45) is 3.73. The Morgan fingerprint density at radius 3 is 1.85 bits per heavy atom. The van der Waals surface area contributed by atoms with Crippen molar-refractivity contribution in [1.82, 2.24) is 19.9 Å². The summed E-state index contributed by atoms with van der Waals surface area (Å²) in [5.41, 5.74) is 10.7. The molecule has 5 heteroatoms. The van der Waals surface area contributed by atoms with Crippen molar-refractivity contribution in [2.24, 2.45) is 0 Å². The Balaban J connectivity index is 1.08. The number of benzene rings is 4. The lowest BCUT2D eigenvalue weighted by atomic mass is 10.0. The van der Waals surface area contributed by atoms with Gasteiger partial charge in [-0.3, -0.25) is 9.97 Å². The molecule has 4 aromatic carbocycles. The molecule has 4 nitrogen and oxygen atoms in total. The van der Waals surface area contributed by atoms with Crippen LogP contribution in [0.4, 0.5) is 0 Å². The van der Waals surface area contributed by atoms with Crippen LogP contribution in [-0.2, 0) is 0 Å². The van der Waals surface area contributed by atoms with E-state index in [0.717, 1.165) is 61.8 Å². The molecule has 0 unspecified atom stereocenters. The van der Waals surface area contributed by atoms with Gasteiger partial charge in [-0.15, -0.1) is 11.3 Å². The second-order valence-electron chi connectivity index (χ2n) is 11.5. The number of hydrogen-bond donors (Lipinski definition) is 0. The van der Waals surface area contributed by atoms with Crippen molar-refractivity contribution in [1.29, 1.82) is 0 Å². The zero-order valence-corrected chi connectivity index (χ0v) is 26.0. The summed E-state index contributed by atoms with van der Waals surface area (Å²) in [6.45, 7) is 0. The van der Waals surface area contributed by atoms with Gasteiger partial charge in [-0.25, -0.2) is 9.97 Å². The van der Waals surface area contributed by atoms with Crippen molar-refractivity contribution in [3.8, 4) is 56.3 Å². The summed E-state index contributed by atoms with van der Waals surface area (Å²) in [6, 6.07) is 50.4. The predicted octanol–water partition coefficient (Wildman–Crippen LogP) is 11.1. The monoisotopic (exact) mass is 618 g/mol. The molecule has 0 atom stereocenters. The average molecular weight is 619 g/mol. The summed E-state index contributed by atoms with van der Waals surface area (Å²) >= 11 is 1.81. The third kappa shape index (κ3) is 4.94. The van der Waals surface area contributed by atoms with E-state index in [2.05, 4.69) is 120 Å². The van der Waals surface area contributed by atoms with Gasteiger partial charge in [-0.1, -0.05) is 103 Å². The van der Waals surface area contributed by atoms with Crippen molar-refractivity contribution >= 4 is 42.4 Å². The van der Waals surface area contributed by atoms with Gasteiger partial charge in [-0.2, -0.15) is 0 Å². The number of rotatable bonds is 5. The Labute approximate surface area is 275 Å². The molecule has 0 saturated carbocycles. The van der Waals surface area contributed by atoms with Crippen LogP contribution >= 0.6 is 11.3 Å². The molecule has 0 aliphatic carbocycles. The Hall–Kier alpha value is -6.04. The maximum absolute atomic E-state index is 5.16. The molecule has 0 saturated heterocycles. The van der Waals surface area contributed by atoms with Gasteiger partial charge >= 0.3 is 0 Å². The number of pyridine rings is 4. The smallest absolute Gasteiger partial charge is 0.0900 e. The van der Waals surface area contributed by atoms with Crippen LogP contribution in [0.5, 0.6) is 0 Å². The molecular formula is C42H26N4S. The minimum Gasteiger partial charge on any atom is -0.255 e. The van der Waals surface area contributed by atoms with Crippen molar-refractivity contribution in [3.05, 3.63) is 158 Å². The van der Waals surface area contributed by atoms with Gasteiger partial charge < -0.3 is 0 Å². The highest BCUT2D eigenvalue weighted by molar-refractivity contribution is 7.26. The molecule has 5 heterocycles. The van der Waals surface area contributed by atoms with E-state index < -0.39 is 0 Å². The summed E-state index contributed by atoms with van der Waals surface area (Å²) < 4.78 is 2.50. The zero-order valence-electron chi connectivity index (χ0n) is 25.2. The van der Waals surface area contributed by atoms with Gasteiger partial charge in [0.15, 0.2) is 0 Å². The minimum atomic E-state index is 0.809. The second kappa shape index (κ2) is 11.4. The van der Waals surface area contributed by atoms with Gasteiger partial charge in [0.1, 0.15) is 0 Å². The van der Waals surface area contributed by atoms with E-state index >= 15 is 0 Å². The summed E-state index contributed by atoms with van der Waals surface area (Å²) in [5.74, 6) is 0. The van der Waals surface area contributed by atoms with Crippen LogP contribution in [0.3, 0.4) is 0 Å². The molecule has 0 aliphatic heterocycles. The molecule has 47 heavy (non-hydrogen) atoms. The molecule has 0 bridgehead atoms. The normalized spacial score (nSPS) is 11.4. The number of aromatic nitrogens is 4. The molecule has 9 rings (SSSR count). The average Bonchev–Trinajstić information content (AvgIpc) is 3.55. The maximum Gasteiger partial charge on any atom is 0.0900 e. The van der Waals surface area contributed by atoms with E-state index in [-0.39, 0.29) is 0 Å². The van der Waals surface area contributed by atoms with Crippen molar-refractivity contribution in [2.45, 2.75) is 0 Å². The Morgan fingerprint density at radius 2 is 1.09 bits per heavy atom. The molecule has 220 valence electrons. The third-order valence-electron chi connectivity index (χ3n) is 8.59. The lowest BCUT2D eigenvalue weighted by Gasteiger charge is -2.10. The van der Waals surface area contributed by atoms with Crippen LogP contribution < -0.4 is 0 Å². The summed E-state index contributed by atoms with van der Waals surface area (Å²) in [5, 5.41) is 3.76. The Kier molecular flexibility index (Phi) is 6.61. The van der Waals surface area contributed by atoms with Gasteiger partial charge in [0, 0.05) is 44.4 Å². The van der Waals surface area contributed by atoms with E-state index in [1.165, 1.54) is 25.6 Å². The van der Waals surface area contributed by atoms with Crippen molar-refractivity contribution in [2.75, 3.05) is 0 Å². The fourth-order valence-corrected chi connectivity index (χ4v) is 7.50. The largest absolute Gasteiger partial charge is 0.255 e. The second-order valence-corrected chi connectivity index (χ2v) is 12.5. The molecule has 9 aromatic rings. The quantitative estimate of drug-likeness (QED) is 0.193. The van der Waals surface area contributed by atoms with Gasteiger partial charge in [0.2, 0.25) is 0 Å². The summed E-state index contributed by atoms with van der Waals surface area (Å²) in [4.78, 5) is 19.6. The highest BCUT2D eigenvalue weighted by Gasteiger charge is 2.16. The highest BCUT2D eigenvalue weighted by atomic mass is 32.1. The molecule has 0 aliphatic rings. The molecule has 5 aromatic heterocycles. The van der Waals surface area contributed by atoms with Crippen molar-refractivity contribution < 1.29 is 0 Å². The topological polar surface area (TPSA) is 51.6 Å². The fourth-order valence-electron chi connectivity index (χ4n) is 6.27. The first-order chi connectivity index (χ1) is 23.3.